The van der Waals surface area contributed by atoms with Crippen LogP contribution in [0.2, 0.25) is 0 Å². The van der Waals surface area contributed by atoms with Gasteiger partial charge >= 0.3 is 0 Å². The first kappa shape index (κ1) is 11.5. The van der Waals surface area contributed by atoms with Crippen LogP contribution < -0.4 is 0 Å². The van der Waals surface area contributed by atoms with Crippen LogP contribution in [0.1, 0.15) is 39.0 Å². The van der Waals surface area contributed by atoms with Crippen LogP contribution in [0.3, 0.4) is 0 Å². The molecule has 0 spiro atoms. The minimum atomic E-state index is -0.216. The zero-order valence-electron chi connectivity index (χ0n) is 10.6. The van der Waals surface area contributed by atoms with Crippen LogP contribution in [0, 0.1) is 23.7 Å². The van der Waals surface area contributed by atoms with Gasteiger partial charge in [0.05, 0.1) is 6.10 Å². The highest BCUT2D eigenvalue weighted by atomic mass is 16.3. The number of nitrogens with zero attached hydrogens (tertiary/aromatic N) is 1. The normalized spacial score (nSPS) is 38.9. The van der Waals surface area contributed by atoms with Crippen molar-refractivity contribution in [1.29, 1.82) is 0 Å². The van der Waals surface area contributed by atoms with E-state index in [0.29, 0.717) is 17.7 Å². The number of aliphatic hydroxyl groups excluding tert-OH is 1. The molecule has 1 N–H and O–H groups in total. The van der Waals surface area contributed by atoms with Crippen LogP contribution in [0.5, 0.6) is 0 Å². The second-order valence-electron chi connectivity index (χ2n) is 6.33. The van der Waals surface area contributed by atoms with Crippen molar-refractivity contribution in [1.82, 2.24) is 4.90 Å². The molecule has 17 heavy (non-hydrogen) atoms. The quantitative estimate of drug-likeness (QED) is 0.793. The summed E-state index contributed by atoms with van der Waals surface area (Å²) in [4.78, 5) is 14.4. The number of hydrogen-bond acceptors (Lipinski definition) is 2. The van der Waals surface area contributed by atoms with Crippen molar-refractivity contribution in [3.05, 3.63) is 0 Å². The van der Waals surface area contributed by atoms with E-state index in [0.717, 1.165) is 50.6 Å². The van der Waals surface area contributed by atoms with Gasteiger partial charge in [0.25, 0.3) is 0 Å². The van der Waals surface area contributed by atoms with Crippen LogP contribution in [-0.2, 0) is 4.79 Å². The lowest BCUT2D eigenvalue weighted by molar-refractivity contribution is -0.137. The first-order valence-corrected chi connectivity index (χ1v) is 7.12. The second kappa shape index (κ2) is 4.27. The Morgan fingerprint density at radius 2 is 1.76 bits per heavy atom. The second-order valence-corrected chi connectivity index (χ2v) is 6.33. The van der Waals surface area contributed by atoms with E-state index in [4.69, 9.17) is 0 Å². The Hall–Kier alpha value is -0.570. The predicted molar refractivity (Wildman–Crippen MR) is 65.3 cm³/mol. The molecule has 0 bridgehead atoms. The lowest BCUT2D eigenvalue weighted by Gasteiger charge is -2.34. The molecule has 0 radical (unpaired) electrons. The maximum absolute atomic E-state index is 12.3. The molecule has 1 saturated heterocycles. The van der Waals surface area contributed by atoms with Gasteiger partial charge in [-0.2, -0.15) is 0 Å². The maximum Gasteiger partial charge on any atom is 0.225 e. The molecule has 3 rings (SSSR count). The summed E-state index contributed by atoms with van der Waals surface area (Å²) in [6.07, 6.45) is 5.42. The van der Waals surface area contributed by atoms with Crippen molar-refractivity contribution in [3.8, 4) is 0 Å². The molecule has 0 aromatic rings. The maximum atomic E-state index is 12.3. The number of likely N-dealkylation sites (tertiary alicyclic amines) is 1. The summed E-state index contributed by atoms with van der Waals surface area (Å²) >= 11 is 0. The number of piperidine rings is 1. The third-order valence-corrected chi connectivity index (χ3v) is 5.13. The van der Waals surface area contributed by atoms with Crippen molar-refractivity contribution >= 4 is 5.91 Å². The lowest BCUT2D eigenvalue weighted by Crippen LogP contribution is -2.43. The minimum absolute atomic E-state index is 0.216. The number of aliphatic hydroxyl groups is 1. The van der Waals surface area contributed by atoms with Crippen LogP contribution in [0.4, 0.5) is 0 Å². The van der Waals surface area contributed by atoms with E-state index >= 15 is 0 Å². The van der Waals surface area contributed by atoms with E-state index in [1.54, 1.807) is 0 Å². The monoisotopic (exact) mass is 237 g/mol. The average Bonchev–Trinajstić information content (AvgIpc) is 2.95. The van der Waals surface area contributed by atoms with Crippen molar-refractivity contribution < 1.29 is 9.90 Å². The highest BCUT2D eigenvalue weighted by Gasteiger charge is 2.48. The Morgan fingerprint density at radius 1 is 1.18 bits per heavy atom. The third kappa shape index (κ3) is 2.22. The Morgan fingerprint density at radius 3 is 2.29 bits per heavy atom. The van der Waals surface area contributed by atoms with Gasteiger partial charge in [-0.1, -0.05) is 0 Å². The molecule has 0 aromatic carbocycles. The van der Waals surface area contributed by atoms with Crippen molar-refractivity contribution in [2.45, 2.75) is 45.1 Å². The third-order valence-electron chi connectivity index (χ3n) is 5.13. The number of amides is 1. The molecule has 3 heteroatoms. The first-order valence-electron chi connectivity index (χ1n) is 7.12. The van der Waals surface area contributed by atoms with Gasteiger partial charge in [-0.25, -0.2) is 0 Å². The Kier molecular flexibility index (Phi) is 2.89. The smallest absolute Gasteiger partial charge is 0.225 e. The van der Waals surface area contributed by atoms with Gasteiger partial charge in [-0.05, 0) is 56.8 Å². The molecule has 3 unspecified atom stereocenters. The van der Waals surface area contributed by atoms with E-state index in [2.05, 4.69) is 0 Å². The fourth-order valence-electron chi connectivity index (χ4n) is 3.78. The molecule has 2 aliphatic carbocycles. The number of hydrogen-bond donors (Lipinski definition) is 1. The molecule has 3 nitrogen and oxygen atoms in total. The topological polar surface area (TPSA) is 40.5 Å². The molecule has 1 heterocycles. The molecule has 3 aliphatic rings. The molecule has 2 saturated carbocycles. The molecule has 96 valence electrons. The zero-order valence-corrected chi connectivity index (χ0v) is 10.6. The first-order chi connectivity index (χ1) is 8.15. The molecular weight excluding hydrogens is 214 g/mol. The summed E-state index contributed by atoms with van der Waals surface area (Å²) in [7, 11) is 0. The average molecular weight is 237 g/mol. The molecule has 3 fully saturated rings. The summed E-state index contributed by atoms with van der Waals surface area (Å²) in [5.74, 6) is 2.91. The largest absolute Gasteiger partial charge is 0.393 e. The minimum Gasteiger partial charge on any atom is -0.393 e. The van der Waals surface area contributed by atoms with Crippen LogP contribution in [-0.4, -0.2) is 35.1 Å². The fraction of sp³-hybridized carbons (Fsp3) is 0.929. The molecular formula is C14H23NO2. The molecule has 3 atom stereocenters. The van der Waals surface area contributed by atoms with E-state index in [-0.39, 0.29) is 6.10 Å². The predicted octanol–water partition coefficient (Wildman–Crippen LogP) is 1.65. The summed E-state index contributed by atoms with van der Waals surface area (Å²) in [6.45, 7) is 3.59. The van der Waals surface area contributed by atoms with Gasteiger partial charge in [-0.3, -0.25) is 4.79 Å². The van der Waals surface area contributed by atoms with E-state index in [1.807, 2.05) is 11.8 Å². The standard InChI is InChI=1S/C14H23NO2/c1-9(16)10-2-4-15(5-3-10)14(17)13-7-11-6-12(11)8-13/h9-13,16H,2-8H2,1H3. The zero-order chi connectivity index (χ0) is 12.0. The van der Waals surface area contributed by atoms with Gasteiger partial charge in [-0.15, -0.1) is 0 Å². The number of rotatable bonds is 2. The number of carbonyl (C=O) groups excluding carboxylic acids is 1. The van der Waals surface area contributed by atoms with Crippen molar-refractivity contribution in [2.75, 3.05) is 13.1 Å². The van der Waals surface area contributed by atoms with Crippen LogP contribution >= 0.6 is 0 Å². The van der Waals surface area contributed by atoms with E-state index < -0.39 is 0 Å². The Labute approximate surface area is 103 Å². The van der Waals surface area contributed by atoms with Gasteiger partial charge in [0, 0.05) is 19.0 Å². The van der Waals surface area contributed by atoms with Crippen molar-refractivity contribution in [3.63, 3.8) is 0 Å². The van der Waals surface area contributed by atoms with Crippen LogP contribution in [0.15, 0.2) is 0 Å². The van der Waals surface area contributed by atoms with E-state index in [1.165, 1.54) is 6.42 Å². The van der Waals surface area contributed by atoms with Crippen molar-refractivity contribution in [2.24, 2.45) is 23.7 Å². The molecule has 0 aromatic heterocycles. The molecule has 1 amide bonds. The summed E-state index contributed by atoms with van der Waals surface area (Å²) in [5.41, 5.74) is 0. The summed E-state index contributed by atoms with van der Waals surface area (Å²) < 4.78 is 0. The highest BCUT2D eigenvalue weighted by molar-refractivity contribution is 5.79. The van der Waals surface area contributed by atoms with Gasteiger partial charge in [0.2, 0.25) is 5.91 Å². The molecule has 1 aliphatic heterocycles. The Balaban J connectivity index is 1.50. The number of fused-ring (bicyclic) bond motifs is 1. The fourth-order valence-corrected chi connectivity index (χ4v) is 3.78. The van der Waals surface area contributed by atoms with Crippen LogP contribution in [0.25, 0.3) is 0 Å². The summed E-state index contributed by atoms with van der Waals surface area (Å²) in [5, 5.41) is 9.55. The SMILES string of the molecule is CC(O)C1CCN(C(=O)C2CC3CC3C2)CC1. The Bertz CT molecular complexity index is 297. The number of carbonyl (C=O) groups is 1. The highest BCUT2D eigenvalue weighted by Crippen LogP contribution is 2.54. The van der Waals surface area contributed by atoms with E-state index in [9.17, 15) is 9.90 Å². The lowest BCUT2D eigenvalue weighted by atomic mass is 9.91. The van der Waals surface area contributed by atoms with Gasteiger partial charge < -0.3 is 10.0 Å². The van der Waals surface area contributed by atoms with Gasteiger partial charge in [0.15, 0.2) is 0 Å². The summed E-state index contributed by atoms with van der Waals surface area (Å²) in [6, 6.07) is 0. The van der Waals surface area contributed by atoms with Gasteiger partial charge in [0.1, 0.15) is 0 Å².